The zero-order valence-electron chi connectivity index (χ0n) is 10.2. The zero-order valence-corrected chi connectivity index (χ0v) is 10.2. The minimum atomic E-state index is 0.0896. The van der Waals surface area contributed by atoms with Crippen molar-refractivity contribution in [3.05, 3.63) is 0 Å². The van der Waals surface area contributed by atoms with E-state index in [1.807, 2.05) is 0 Å². The Kier molecular flexibility index (Phi) is 3.06. The average molecular weight is 239 g/mol. The topological polar surface area (TPSA) is 72.3 Å². The number of carbonyl (C=O) groups is 1. The second-order valence-electron chi connectivity index (χ2n) is 5.47. The van der Waals surface area contributed by atoms with Gasteiger partial charge in [0, 0.05) is 19.1 Å². The predicted octanol–water partition coefficient (Wildman–Crippen LogP) is -0.0749. The first-order chi connectivity index (χ1) is 8.28. The summed E-state index contributed by atoms with van der Waals surface area (Å²) in [4.78, 5) is 17.3. The Balaban J connectivity index is 1.40. The summed E-state index contributed by atoms with van der Waals surface area (Å²) >= 11 is 0. The summed E-state index contributed by atoms with van der Waals surface area (Å²) < 4.78 is 0. The van der Waals surface area contributed by atoms with Crippen molar-refractivity contribution < 1.29 is 9.63 Å². The molecule has 3 N–H and O–H groups in total. The van der Waals surface area contributed by atoms with Gasteiger partial charge in [-0.1, -0.05) is 0 Å². The highest BCUT2D eigenvalue weighted by Gasteiger charge is 2.51. The van der Waals surface area contributed by atoms with Crippen molar-refractivity contribution in [2.24, 2.45) is 5.92 Å². The minimum absolute atomic E-state index is 0.0896. The van der Waals surface area contributed by atoms with Gasteiger partial charge in [-0.3, -0.25) is 14.9 Å². The highest BCUT2D eigenvalue weighted by atomic mass is 16.7. The van der Waals surface area contributed by atoms with Crippen molar-refractivity contribution in [2.75, 3.05) is 7.05 Å². The van der Waals surface area contributed by atoms with Crippen molar-refractivity contribution in [1.82, 2.24) is 16.1 Å². The van der Waals surface area contributed by atoms with Crippen LogP contribution in [0.25, 0.3) is 0 Å². The number of hydrogen-bond acceptors (Lipinski definition) is 4. The van der Waals surface area contributed by atoms with Crippen molar-refractivity contribution in [2.45, 2.75) is 56.3 Å². The first-order valence-corrected chi connectivity index (χ1v) is 6.66. The maximum absolute atomic E-state index is 11.9. The van der Waals surface area contributed by atoms with Crippen molar-refractivity contribution in [1.29, 1.82) is 0 Å². The van der Waals surface area contributed by atoms with Crippen LogP contribution in [0.1, 0.15) is 32.1 Å². The summed E-state index contributed by atoms with van der Waals surface area (Å²) in [5.41, 5.74) is 2.72. The fraction of sp³-hybridized carbons (Fsp3) is 0.917. The molecule has 3 rings (SSSR count). The summed E-state index contributed by atoms with van der Waals surface area (Å²) in [5, 5.41) is 6.42. The molecule has 96 valence electrons. The van der Waals surface area contributed by atoms with Gasteiger partial charge in [0.1, 0.15) is 6.04 Å². The van der Waals surface area contributed by atoms with Crippen molar-refractivity contribution in [3.63, 3.8) is 0 Å². The van der Waals surface area contributed by atoms with E-state index in [-0.39, 0.29) is 18.1 Å². The van der Waals surface area contributed by atoms with E-state index in [4.69, 9.17) is 4.84 Å². The van der Waals surface area contributed by atoms with E-state index < -0.39 is 0 Å². The number of hydrogen-bond donors (Lipinski definition) is 3. The third-order valence-corrected chi connectivity index (χ3v) is 4.05. The lowest BCUT2D eigenvalue weighted by molar-refractivity contribution is -0.121. The van der Waals surface area contributed by atoms with Crippen LogP contribution in [0.15, 0.2) is 0 Å². The molecule has 0 spiro atoms. The van der Waals surface area contributed by atoms with Crippen molar-refractivity contribution in [3.8, 4) is 0 Å². The molecule has 0 aromatic heterocycles. The monoisotopic (exact) mass is 239 g/mol. The molecule has 2 saturated carbocycles. The van der Waals surface area contributed by atoms with Gasteiger partial charge < -0.3 is 5.32 Å². The fourth-order valence-electron chi connectivity index (χ4n) is 2.89. The lowest BCUT2D eigenvalue weighted by atomic mass is 10.2. The molecule has 0 unspecified atom stereocenters. The van der Waals surface area contributed by atoms with Crippen molar-refractivity contribution >= 4 is 5.91 Å². The number of rotatable bonds is 5. The number of carbonyl (C=O) groups excluding carboxylic acids is 1. The van der Waals surface area contributed by atoms with E-state index in [1.165, 1.54) is 12.8 Å². The molecule has 17 heavy (non-hydrogen) atoms. The van der Waals surface area contributed by atoms with E-state index in [0.29, 0.717) is 12.1 Å². The Morgan fingerprint density at radius 2 is 2.12 bits per heavy atom. The summed E-state index contributed by atoms with van der Waals surface area (Å²) in [6.07, 6.45) is 5.81. The van der Waals surface area contributed by atoms with Crippen LogP contribution in [0.2, 0.25) is 0 Å². The quantitative estimate of drug-likeness (QED) is 0.464. The molecule has 2 aliphatic carbocycles. The van der Waals surface area contributed by atoms with E-state index in [1.54, 1.807) is 7.05 Å². The van der Waals surface area contributed by atoms with Crippen LogP contribution >= 0.6 is 0 Å². The van der Waals surface area contributed by atoms with Gasteiger partial charge in [0.25, 0.3) is 0 Å². The highest BCUT2D eigenvalue weighted by molar-refractivity contribution is 5.86. The summed E-state index contributed by atoms with van der Waals surface area (Å²) in [7, 11) is 1.78. The second-order valence-corrected chi connectivity index (χ2v) is 5.47. The fourth-order valence-corrected chi connectivity index (χ4v) is 2.89. The highest BCUT2D eigenvalue weighted by Crippen LogP contribution is 2.39. The summed E-state index contributed by atoms with van der Waals surface area (Å²) in [5.74, 6) is 0.965. The number of nitrogens with one attached hydrogen (secondary N) is 3. The number of amides is 1. The molecular formula is C12H21N3O2. The Labute approximate surface area is 102 Å². The van der Waals surface area contributed by atoms with Gasteiger partial charge in [0.05, 0.1) is 6.10 Å². The molecule has 1 amide bonds. The van der Waals surface area contributed by atoms with Crippen LogP contribution in [0, 0.1) is 5.92 Å². The largest absolute Gasteiger partial charge is 0.352 e. The van der Waals surface area contributed by atoms with Gasteiger partial charge in [-0.25, -0.2) is 5.48 Å². The molecule has 0 bridgehead atoms. The molecule has 0 aromatic carbocycles. The molecule has 3 fully saturated rings. The van der Waals surface area contributed by atoms with Crippen LogP contribution in [-0.4, -0.2) is 37.2 Å². The smallest absolute Gasteiger partial charge is 0.238 e. The zero-order chi connectivity index (χ0) is 11.8. The van der Waals surface area contributed by atoms with Gasteiger partial charge >= 0.3 is 0 Å². The Morgan fingerprint density at radius 1 is 1.29 bits per heavy atom. The second kappa shape index (κ2) is 4.55. The third-order valence-electron chi connectivity index (χ3n) is 4.05. The molecule has 1 heterocycles. The van der Waals surface area contributed by atoms with Crippen LogP contribution in [0.5, 0.6) is 0 Å². The molecular weight excluding hydrogens is 218 g/mol. The molecule has 0 radical (unpaired) electrons. The summed E-state index contributed by atoms with van der Waals surface area (Å²) in [6.45, 7) is 0. The number of hydroxylamine groups is 1. The van der Waals surface area contributed by atoms with E-state index in [2.05, 4.69) is 16.1 Å². The maximum atomic E-state index is 11.9. The first kappa shape index (κ1) is 11.4. The Morgan fingerprint density at radius 3 is 2.82 bits per heavy atom. The van der Waals surface area contributed by atoms with E-state index in [0.717, 1.165) is 25.2 Å². The van der Waals surface area contributed by atoms with Crippen LogP contribution in [-0.2, 0) is 9.63 Å². The average Bonchev–Trinajstić information content (AvgIpc) is 3.18. The molecule has 1 aliphatic heterocycles. The van der Waals surface area contributed by atoms with Gasteiger partial charge in [-0.05, 0) is 38.0 Å². The molecule has 1 saturated heterocycles. The SMILES string of the molecule is CNO[C@@H]1CC[C@H](NC(=O)[C@@H]2N[C@H]2C2CC2)C1. The van der Waals surface area contributed by atoms with E-state index in [9.17, 15) is 4.79 Å². The van der Waals surface area contributed by atoms with Gasteiger partial charge in [0.15, 0.2) is 0 Å². The normalized spacial score (nSPS) is 40.3. The standard InChI is InChI=1S/C12H21N3O2/c1-13-17-9-5-4-8(6-9)14-12(16)11-10(15-11)7-2-3-7/h7-11,13,15H,2-6H2,1H3,(H,14,16)/t8-,9+,10-,11+/m0/s1. The molecule has 4 atom stereocenters. The van der Waals surface area contributed by atoms with E-state index >= 15 is 0 Å². The lowest BCUT2D eigenvalue weighted by Crippen LogP contribution is -2.38. The maximum Gasteiger partial charge on any atom is 0.238 e. The minimum Gasteiger partial charge on any atom is -0.352 e. The third kappa shape index (κ3) is 2.61. The summed E-state index contributed by atoms with van der Waals surface area (Å²) in [6, 6.07) is 0.857. The Bertz CT molecular complexity index is 306. The van der Waals surface area contributed by atoms with Gasteiger partial charge in [-0.15, -0.1) is 0 Å². The van der Waals surface area contributed by atoms with Crippen LogP contribution in [0.4, 0.5) is 0 Å². The molecule has 3 aliphatic rings. The van der Waals surface area contributed by atoms with Gasteiger partial charge in [-0.2, -0.15) is 0 Å². The molecule has 5 nitrogen and oxygen atoms in total. The molecule has 5 heteroatoms. The lowest BCUT2D eigenvalue weighted by Gasteiger charge is -2.12. The first-order valence-electron chi connectivity index (χ1n) is 6.66. The molecule has 0 aromatic rings. The van der Waals surface area contributed by atoms with Crippen LogP contribution in [0.3, 0.4) is 0 Å². The predicted molar refractivity (Wildman–Crippen MR) is 63.2 cm³/mol. The van der Waals surface area contributed by atoms with Gasteiger partial charge in [0.2, 0.25) is 5.91 Å². The Hall–Kier alpha value is -0.650. The van der Waals surface area contributed by atoms with Crippen LogP contribution < -0.4 is 16.1 Å².